The third kappa shape index (κ3) is 3.39. The quantitative estimate of drug-likeness (QED) is 0.499. The smallest absolute Gasteiger partial charge is 0.268 e. The molecule has 5 nitrogen and oxygen atoms in total. The van der Waals surface area contributed by atoms with E-state index in [2.05, 4.69) is 19.9 Å². The van der Waals surface area contributed by atoms with Crippen LogP contribution in [0.2, 0.25) is 0 Å². The molecule has 0 aliphatic carbocycles. The summed E-state index contributed by atoms with van der Waals surface area (Å²) in [5, 5.41) is 0. The summed E-state index contributed by atoms with van der Waals surface area (Å²) in [6, 6.07) is 9.52. The van der Waals surface area contributed by atoms with E-state index in [9.17, 15) is 4.79 Å². The van der Waals surface area contributed by atoms with Gasteiger partial charge in [-0.2, -0.15) is 0 Å². The molecule has 0 spiro atoms. The Morgan fingerprint density at radius 3 is 2.90 bits per heavy atom. The van der Waals surface area contributed by atoms with Gasteiger partial charge in [0.1, 0.15) is 24.4 Å². The normalized spacial score (nSPS) is 10.6. The molecule has 0 saturated carbocycles. The summed E-state index contributed by atoms with van der Waals surface area (Å²) in [4.78, 5) is 11.3. The number of hydrogen-bond acceptors (Lipinski definition) is 4. The maximum Gasteiger partial charge on any atom is 0.268 e. The Balaban J connectivity index is 2.00. The molecule has 20 heavy (non-hydrogen) atoms. The van der Waals surface area contributed by atoms with Crippen LogP contribution in [0.25, 0.3) is 0 Å². The predicted molar refractivity (Wildman–Crippen MR) is 75.2 cm³/mol. The summed E-state index contributed by atoms with van der Waals surface area (Å²) in [5.41, 5.74) is 3.64. The number of nitrogen functional groups attached to an aromatic ring is 1. The van der Waals surface area contributed by atoms with Gasteiger partial charge in [0.2, 0.25) is 0 Å². The molecule has 2 rings (SSSR count). The van der Waals surface area contributed by atoms with Crippen LogP contribution in [0.1, 0.15) is 41.4 Å². The van der Waals surface area contributed by atoms with Crippen molar-refractivity contribution in [3.8, 4) is 5.75 Å². The van der Waals surface area contributed by atoms with Gasteiger partial charge in [0.15, 0.2) is 0 Å². The van der Waals surface area contributed by atoms with Crippen LogP contribution < -0.4 is 16.0 Å². The molecule has 0 atom stereocenters. The first-order valence-electron chi connectivity index (χ1n) is 6.41. The Labute approximate surface area is 117 Å². The predicted octanol–water partition coefficient (Wildman–Crippen LogP) is 2.59. The van der Waals surface area contributed by atoms with Crippen molar-refractivity contribution in [3.63, 3.8) is 0 Å². The number of nitrogens with two attached hydrogens (primary N) is 1. The largest absolute Gasteiger partial charge is 0.486 e. The van der Waals surface area contributed by atoms with Crippen molar-refractivity contribution >= 4 is 5.91 Å². The standard InChI is InChI=1S/C15H18N2O3/c1-10(2)11-4-3-5-13(6-11)20-9-14-7-12(8-19-14)15(18)17-16/h3-8,10H,9,16H2,1-2H3,(H,17,18). The van der Waals surface area contributed by atoms with E-state index in [-0.39, 0.29) is 12.5 Å². The average Bonchev–Trinajstić information content (AvgIpc) is 2.93. The van der Waals surface area contributed by atoms with E-state index in [1.54, 1.807) is 6.07 Å². The zero-order valence-corrected chi connectivity index (χ0v) is 11.6. The summed E-state index contributed by atoms with van der Waals surface area (Å²) in [5.74, 6) is 6.45. The molecule has 1 aromatic heterocycles. The van der Waals surface area contributed by atoms with Crippen molar-refractivity contribution in [1.29, 1.82) is 0 Å². The van der Waals surface area contributed by atoms with Gasteiger partial charge >= 0.3 is 0 Å². The average molecular weight is 274 g/mol. The van der Waals surface area contributed by atoms with Gasteiger partial charge in [0, 0.05) is 0 Å². The molecule has 0 radical (unpaired) electrons. The number of furan rings is 1. The number of carbonyl (C=O) groups is 1. The molecule has 1 heterocycles. The molecule has 1 amide bonds. The van der Waals surface area contributed by atoms with E-state index in [0.717, 1.165) is 5.75 Å². The Hall–Kier alpha value is -2.27. The van der Waals surface area contributed by atoms with Gasteiger partial charge in [-0.05, 0) is 29.7 Å². The zero-order chi connectivity index (χ0) is 14.5. The minimum Gasteiger partial charge on any atom is -0.486 e. The minimum absolute atomic E-state index is 0.263. The van der Waals surface area contributed by atoms with Crippen LogP contribution in [0.3, 0.4) is 0 Å². The maximum absolute atomic E-state index is 11.3. The van der Waals surface area contributed by atoms with Gasteiger partial charge < -0.3 is 9.15 Å². The molecule has 0 aliphatic rings. The fourth-order valence-corrected chi connectivity index (χ4v) is 1.78. The number of carbonyl (C=O) groups excluding carboxylic acids is 1. The second-order valence-corrected chi connectivity index (χ2v) is 4.79. The highest BCUT2D eigenvalue weighted by molar-refractivity contribution is 5.93. The Kier molecular flexibility index (Phi) is 4.42. The zero-order valence-electron chi connectivity index (χ0n) is 11.6. The third-order valence-corrected chi connectivity index (χ3v) is 2.95. The molecule has 2 aromatic rings. The van der Waals surface area contributed by atoms with Gasteiger partial charge in [-0.3, -0.25) is 10.2 Å². The van der Waals surface area contributed by atoms with Crippen molar-refractivity contribution in [2.24, 2.45) is 5.84 Å². The summed E-state index contributed by atoms with van der Waals surface area (Å²) in [7, 11) is 0. The van der Waals surface area contributed by atoms with E-state index >= 15 is 0 Å². The monoisotopic (exact) mass is 274 g/mol. The molecular weight excluding hydrogens is 256 g/mol. The summed E-state index contributed by atoms with van der Waals surface area (Å²) in [6.45, 7) is 4.52. The summed E-state index contributed by atoms with van der Waals surface area (Å²) < 4.78 is 10.9. The van der Waals surface area contributed by atoms with Gasteiger partial charge in [0.25, 0.3) is 5.91 Å². The van der Waals surface area contributed by atoms with Gasteiger partial charge in [-0.25, -0.2) is 5.84 Å². The van der Waals surface area contributed by atoms with E-state index in [1.807, 2.05) is 23.6 Å². The van der Waals surface area contributed by atoms with E-state index in [0.29, 0.717) is 17.2 Å². The Morgan fingerprint density at radius 2 is 2.20 bits per heavy atom. The Morgan fingerprint density at radius 1 is 1.40 bits per heavy atom. The number of ether oxygens (including phenoxy) is 1. The second kappa shape index (κ2) is 6.25. The van der Waals surface area contributed by atoms with Crippen LogP contribution in [-0.2, 0) is 6.61 Å². The van der Waals surface area contributed by atoms with Crippen LogP contribution in [0.15, 0.2) is 41.0 Å². The number of hydrogen-bond donors (Lipinski definition) is 2. The lowest BCUT2D eigenvalue weighted by Gasteiger charge is -2.08. The fraction of sp³-hybridized carbons (Fsp3) is 0.267. The highest BCUT2D eigenvalue weighted by Gasteiger charge is 2.09. The first-order chi connectivity index (χ1) is 9.60. The molecule has 1 aromatic carbocycles. The van der Waals surface area contributed by atoms with Crippen molar-refractivity contribution in [2.45, 2.75) is 26.4 Å². The SMILES string of the molecule is CC(C)c1cccc(OCc2cc(C(=O)NN)co2)c1. The van der Waals surface area contributed by atoms with Gasteiger partial charge in [-0.1, -0.05) is 26.0 Å². The van der Waals surface area contributed by atoms with E-state index in [4.69, 9.17) is 15.0 Å². The van der Waals surface area contributed by atoms with E-state index in [1.165, 1.54) is 11.8 Å². The number of nitrogens with one attached hydrogen (secondary N) is 1. The van der Waals surface area contributed by atoms with Crippen molar-refractivity contribution in [2.75, 3.05) is 0 Å². The Bertz CT molecular complexity index is 590. The minimum atomic E-state index is -0.387. The highest BCUT2D eigenvalue weighted by atomic mass is 16.5. The van der Waals surface area contributed by atoms with Gasteiger partial charge in [-0.15, -0.1) is 0 Å². The van der Waals surface area contributed by atoms with Gasteiger partial charge in [0.05, 0.1) is 5.56 Å². The molecule has 0 bridgehead atoms. The molecular formula is C15H18N2O3. The first kappa shape index (κ1) is 14.1. The summed E-state index contributed by atoms with van der Waals surface area (Å²) >= 11 is 0. The topological polar surface area (TPSA) is 77.5 Å². The second-order valence-electron chi connectivity index (χ2n) is 4.79. The molecule has 5 heteroatoms. The molecule has 0 unspecified atom stereocenters. The van der Waals surface area contributed by atoms with Crippen molar-refractivity contribution < 1.29 is 13.9 Å². The van der Waals surface area contributed by atoms with Crippen LogP contribution in [0.5, 0.6) is 5.75 Å². The highest BCUT2D eigenvalue weighted by Crippen LogP contribution is 2.21. The fourth-order valence-electron chi connectivity index (χ4n) is 1.78. The van der Waals surface area contributed by atoms with Crippen LogP contribution >= 0.6 is 0 Å². The summed E-state index contributed by atoms with van der Waals surface area (Å²) in [6.07, 6.45) is 1.35. The van der Waals surface area contributed by atoms with Crippen LogP contribution in [-0.4, -0.2) is 5.91 Å². The number of rotatable bonds is 5. The lowest BCUT2D eigenvalue weighted by Crippen LogP contribution is -2.29. The molecule has 0 saturated heterocycles. The maximum atomic E-state index is 11.3. The van der Waals surface area contributed by atoms with E-state index < -0.39 is 0 Å². The molecule has 0 aliphatic heterocycles. The lowest BCUT2D eigenvalue weighted by atomic mass is 10.0. The molecule has 0 fully saturated rings. The number of hydrazine groups is 1. The molecule has 106 valence electrons. The van der Waals surface area contributed by atoms with Crippen LogP contribution in [0.4, 0.5) is 0 Å². The van der Waals surface area contributed by atoms with Crippen molar-refractivity contribution in [3.05, 3.63) is 53.5 Å². The lowest BCUT2D eigenvalue weighted by molar-refractivity contribution is 0.0953. The number of benzene rings is 1. The van der Waals surface area contributed by atoms with Crippen molar-refractivity contribution in [1.82, 2.24) is 5.43 Å². The molecule has 3 N–H and O–H groups in total. The third-order valence-electron chi connectivity index (χ3n) is 2.95. The van der Waals surface area contributed by atoms with Crippen LogP contribution in [0, 0.1) is 0 Å². The first-order valence-corrected chi connectivity index (χ1v) is 6.41. The number of amides is 1.